The molecule has 2 N–H and O–H groups in total. The first kappa shape index (κ1) is 20.3. The highest BCUT2D eigenvalue weighted by Gasteiger charge is 2.51. The van der Waals surface area contributed by atoms with Gasteiger partial charge in [0.05, 0.1) is 29.6 Å². The molecule has 0 spiro atoms. The molecule has 0 saturated heterocycles. The number of benzene rings is 1. The van der Waals surface area contributed by atoms with Crippen molar-refractivity contribution < 1.29 is 9.53 Å². The Bertz CT molecular complexity index is 911. The molecule has 0 amide bonds. The fourth-order valence-corrected chi connectivity index (χ4v) is 6.51. The van der Waals surface area contributed by atoms with Gasteiger partial charge in [0, 0.05) is 23.5 Å². The van der Waals surface area contributed by atoms with Crippen LogP contribution in [0.2, 0.25) is 0 Å². The summed E-state index contributed by atoms with van der Waals surface area (Å²) in [6.07, 6.45) is 13.2. The zero-order valence-corrected chi connectivity index (χ0v) is 18.4. The third kappa shape index (κ3) is 4.12. The molecular formula is C25H32N4O2. The third-order valence-electron chi connectivity index (χ3n) is 7.42. The zero-order valence-electron chi connectivity index (χ0n) is 18.4. The number of rotatable bonds is 7. The van der Waals surface area contributed by atoms with Gasteiger partial charge in [0.1, 0.15) is 6.33 Å². The van der Waals surface area contributed by atoms with E-state index in [-0.39, 0.29) is 17.6 Å². The number of carbonyl (C=O) groups is 1. The molecule has 0 aliphatic heterocycles. The second-order valence-electron chi connectivity index (χ2n) is 9.84. The molecule has 1 aromatic heterocycles. The summed E-state index contributed by atoms with van der Waals surface area (Å²) >= 11 is 0. The minimum atomic E-state index is -0.289. The number of hydrogen-bond acceptors (Lipinski definition) is 6. The third-order valence-corrected chi connectivity index (χ3v) is 7.42. The van der Waals surface area contributed by atoms with Crippen LogP contribution in [0.1, 0.15) is 74.3 Å². The van der Waals surface area contributed by atoms with Gasteiger partial charge in [-0.25, -0.2) is 14.8 Å². The fraction of sp³-hybridized carbons (Fsp3) is 0.560. The SMILES string of the molecule is CCOC(=O)c1ccc(NC23CC4CC(CC(C4)C2)C3)c(NC(C)c2cncnc2)c1. The molecule has 1 aromatic carbocycles. The number of nitrogens with zero attached hydrogens (tertiary/aromatic N) is 2. The first-order valence-corrected chi connectivity index (χ1v) is 11.6. The predicted molar refractivity (Wildman–Crippen MR) is 121 cm³/mol. The van der Waals surface area contributed by atoms with Crippen LogP contribution in [0, 0.1) is 17.8 Å². The highest BCUT2D eigenvalue weighted by molar-refractivity contribution is 5.92. The van der Waals surface area contributed by atoms with Crippen LogP contribution in [-0.4, -0.2) is 28.1 Å². The minimum Gasteiger partial charge on any atom is -0.462 e. The van der Waals surface area contributed by atoms with E-state index in [1.54, 1.807) is 0 Å². The molecule has 4 bridgehead atoms. The van der Waals surface area contributed by atoms with E-state index in [4.69, 9.17) is 4.74 Å². The van der Waals surface area contributed by atoms with Gasteiger partial charge in [-0.05, 0) is 88.3 Å². The van der Waals surface area contributed by atoms with E-state index in [1.807, 2.05) is 37.5 Å². The van der Waals surface area contributed by atoms with Crippen molar-refractivity contribution in [2.24, 2.45) is 17.8 Å². The number of ether oxygens (including phenoxy) is 1. The highest BCUT2D eigenvalue weighted by atomic mass is 16.5. The number of aromatic nitrogens is 2. The molecule has 6 nitrogen and oxygen atoms in total. The maximum Gasteiger partial charge on any atom is 0.338 e. The standard InChI is InChI=1S/C25H32N4O2/c1-3-31-24(30)20-4-5-22(23(9-20)28-16(2)21-13-26-15-27-14-21)29-25-10-17-6-18(11-25)8-19(7-17)12-25/h4-5,9,13-19,28-29H,3,6-8,10-12H2,1-2H3. The van der Waals surface area contributed by atoms with Crippen LogP contribution in [0.25, 0.3) is 0 Å². The molecule has 6 heteroatoms. The summed E-state index contributed by atoms with van der Waals surface area (Å²) in [4.78, 5) is 20.7. The summed E-state index contributed by atoms with van der Waals surface area (Å²) in [6, 6.07) is 5.85. The normalized spacial score (nSPS) is 29.4. The molecule has 0 radical (unpaired) electrons. The van der Waals surface area contributed by atoms with Crippen LogP contribution < -0.4 is 10.6 Å². The topological polar surface area (TPSA) is 76.1 Å². The van der Waals surface area contributed by atoms with E-state index in [0.717, 1.165) is 34.7 Å². The number of carbonyl (C=O) groups excluding carboxylic acids is 1. The Balaban J connectivity index is 1.44. The Labute approximate surface area is 184 Å². The van der Waals surface area contributed by atoms with E-state index in [2.05, 4.69) is 27.5 Å². The molecule has 31 heavy (non-hydrogen) atoms. The number of anilines is 2. The molecule has 1 unspecified atom stereocenters. The lowest BCUT2D eigenvalue weighted by atomic mass is 9.53. The number of nitrogens with one attached hydrogen (secondary N) is 2. The summed E-state index contributed by atoms with van der Waals surface area (Å²) < 4.78 is 5.24. The smallest absolute Gasteiger partial charge is 0.338 e. The second-order valence-corrected chi connectivity index (χ2v) is 9.84. The van der Waals surface area contributed by atoms with Crippen molar-refractivity contribution in [2.75, 3.05) is 17.2 Å². The molecule has 4 fully saturated rings. The Kier molecular flexibility index (Phi) is 5.32. The summed E-state index contributed by atoms with van der Waals surface area (Å²) in [5, 5.41) is 7.56. The predicted octanol–water partition coefficient (Wildman–Crippen LogP) is 5.21. The fourth-order valence-electron chi connectivity index (χ4n) is 6.51. The summed E-state index contributed by atoms with van der Waals surface area (Å²) in [7, 11) is 0. The minimum absolute atomic E-state index is 0.00978. The molecule has 4 aliphatic rings. The van der Waals surface area contributed by atoms with E-state index in [9.17, 15) is 4.79 Å². The summed E-state index contributed by atoms with van der Waals surface area (Å²) in [6.45, 7) is 4.29. The van der Waals surface area contributed by atoms with Gasteiger partial charge in [0.2, 0.25) is 0 Å². The van der Waals surface area contributed by atoms with Gasteiger partial charge in [0.25, 0.3) is 0 Å². The number of hydrogen-bond donors (Lipinski definition) is 2. The number of esters is 1. The largest absolute Gasteiger partial charge is 0.462 e. The zero-order chi connectivity index (χ0) is 21.4. The van der Waals surface area contributed by atoms with Crippen molar-refractivity contribution in [3.8, 4) is 0 Å². The van der Waals surface area contributed by atoms with Crippen molar-refractivity contribution in [3.63, 3.8) is 0 Å². The second kappa shape index (κ2) is 8.13. The van der Waals surface area contributed by atoms with Crippen LogP contribution >= 0.6 is 0 Å². The lowest BCUT2D eigenvalue weighted by Gasteiger charge is -2.57. The maximum atomic E-state index is 12.4. The van der Waals surface area contributed by atoms with Gasteiger partial charge in [-0.2, -0.15) is 0 Å². The Morgan fingerprint density at radius 2 is 1.74 bits per heavy atom. The lowest BCUT2D eigenvalue weighted by molar-refractivity contribution is 0.0107. The van der Waals surface area contributed by atoms with Crippen LogP contribution in [0.15, 0.2) is 36.9 Å². The average molecular weight is 421 g/mol. The van der Waals surface area contributed by atoms with Crippen molar-refractivity contribution >= 4 is 17.3 Å². The van der Waals surface area contributed by atoms with Gasteiger partial charge < -0.3 is 15.4 Å². The molecule has 4 saturated carbocycles. The van der Waals surface area contributed by atoms with Gasteiger partial charge in [-0.3, -0.25) is 0 Å². The molecule has 4 aliphatic carbocycles. The first-order valence-electron chi connectivity index (χ1n) is 11.6. The van der Waals surface area contributed by atoms with E-state index in [0.29, 0.717) is 12.2 Å². The van der Waals surface area contributed by atoms with Gasteiger partial charge in [-0.1, -0.05) is 0 Å². The quantitative estimate of drug-likeness (QED) is 0.599. The van der Waals surface area contributed by atoms with E-state index < -0.39 is 0 Å². The molecule has 1 atom stereocenters. The van der Waals surface area contributed by atoms with Crippen LogP contribution in [-0.2, 0) is 4.74 Å². The average Bonchev–Trinajstić information content (AvgIpc) is 2.74. The van der Waals surface area contributed by atoms with E-state index >= 15 is 0 Å². The lowest BCUT2D eigenvalue weighted by Crippen LogP contribution is -2.54. The van der Waals surface area contributed by atoms with Gasteiger partial charge in [0.15, 0.2) is 0 Å². The molecule has 2 aromatic rings. The van der Waals surface area contributed by atoms with Crippen molar-refractivity contribution in [1.82, 2.24) is 9.97 Å². The molecule has 6 rings (SSSR count). The van der Waals surface area contributed by atoms with Crippen molar-refractivity contribution in [1.29, 1.82) is 0 Å². The summed E-state index contributed by atoms with van der Waals surface area (Å²) in [5.41, 5.74) is 3.76. The first-order chi connectivity index (χ1) is 15.0. The Hall–Kier alpha value is -2.63. The van der Waals surface area contributed by atoms with Crippen LogP contribution in [0.3, 0.4) is 0 Å². The summed E-state index contributed by atoms with van der Waals surface area (Å²) in [5.74, 6) is 2.32. The van der Waals surface area contributed by atoms with Gasteiger partial charge >= 0.3 is 5.97 Å². The van der Waals surface area contributed by atoms with Crippen LogP contribution in [0.5, 0.6) is 0 Å². The van der Waals surface area contributed by atoms with Crippen molar-refractivity contribution in [2.45, 2.75) is 64.0 Å². The Morgan fingerprint density at radius 1 is 1.10 bits per heavy atom. The molecule has 1 heterocycles. The highest BCUT2D eigenvalue weighted by Crippen LogP contribution is 2.57. The Morgan fingerprint density at radius 3 is 2.35 bits per heavy atom. The molecule has 164 valence electrons. The van der Waals surface area contributed by atoms with Crippen LogP contribution in [0.4, 0.5) is 11.4 Å². The van der Waals surface area contributed by atoms with E-state index in [1.165, 1.54) is 44.9 Å². The monoisotopic (exact) mass is 420 g/mol. The molecular weight excluding hydrogens is 388 g/mol. The van der Waals surface area contributed by atoms with Crippen molar-refractivity contribution in [3.05, 3.63) is 48.0 Å². The maximum absolute atomic E-state index is 12.4. The van der Waals surface area contributed by atoms with Gasteiger partial charge in [-0.15, -0.1) is 0 Å².